The zero-order valence-corrected chi connectivity index (χ0v) is 14.1. The lowest BCUT2D eigenvalue weighted by molar-refractivity contribution is -0.139. The number of amides is 1. The molecule has 20 heavy (non-hydrogen) atoms. The molecule has 1 aliphatic rings. The van der Waals surface area contributed by atoms with Crippen molar-refractivity contribution in [2.24, 2.45) is 5.92 Å². The molecule has 3 nitrogen and oxygen atoms in total. The van der Waals surface area contributed by atoms with Gasteiger partial charge >= 0.3 is 0 Å². The first-order valence-corrected chi connectivity index (χ1v) is 8.05. The second kappa shape index (κ2) is 6.81. The average molecular weight is 361 g/mol. The van der Waals surface area contributed by atoms with Gasteiger partial charge in [-0.3, -0.25) is 4.79 Å². The normalized spacial score (nSPS) is 20.6. The molecule has 1 aliphatic heterocycles. The molecule has 0 aromatic heterocycles. The van der Waals surface area contributed by atoms with E-state index in [1.807, 2.05) is 4.90 Å². The Balaban J connectivity index is 2.00. The van der Waals surface area contributed by atoms with Crippen molar-refractivity contribution in [3.63, 3.8) is 0 Å². The number of hydrogen-bond donors (Lipinski definition) is 0. The van der Waals surface area contributed by atoms with E-state index in [2.05, 4.69) is 22.9 Å². The lowest BCUT2D eigenvalue weighted by Crippen LogP contribution is -2.45. The Hall–Kier alpha value is -0.740. The van der Waals surface area contributed by atoms with Crippen molar-refractivity contribution >= 4 is 33.4 Å². The summed E-state index contributed by atoms with van der Waals surface area (Å²) in [4.78, 5) is 14.3. The molecular weight excluding hydrogens is 342 g/mol. The highest BCUT2D eigenvalue weighted by molar-refractivity contribution is 9.10. The van der Waals surface area contributed by atoms with E-state index < -0.39 is 6.10 Å². The second-order valence-corrected chi connectivity index (χ2v) is 6.66. The lowest BCUT2D eigenvalue weighted by atomic mass is 10.00. The van der Waals surface area contributed by atoms with Crippen LogP contribution in [0.5, 0.6) is 5.75 Å². The van der Waals surface area contributed by atoms with Crippen molar-refractivity contribution in [3.8, 4) is 5.75 Å². The molecular formula is C15H19BrClNO2. The molecule has 1 heterocycles. The van der Waals surface area contributed by atoms with E-state index in [0.717, 1.165) is 24.0 Å². The molecule has 1 aromatic rings. The fourth-order valence-electron chi connectivity index (χ4n) is 2.46. The Bertz CT molecular complexity index is 495. The van der Waals surface area contributed by atoms with Gasteiger partial charge in [0, 0.05) is 18.1 Å². The third-order valence-electron chi connectivity index (χ3n) is 3.51. The standard InChI is InChI=1S/C15H19BrClNO2/c1-10-4-3-7-18(9-10)15(19)11(2)20-14-6-5-12(17)8-13(14)16/h5-6,8,10-11H,3-4,7,9H2,1-2H3. The second-order valence-electron chi connectivity index (χ2n) is 5.37. The molecule has 0 radical (unpaired) electrons. The smallest absolute Gasteiger partial charge is 0.263 e. The van der Waals surface area contributed by atoms with Gasteiger partial charge in [0.1, 0.15) is 5.75 Å². The number of rotatable bonds is 3. The minimum atomic E-state index is -0.488. The van der Waals surface area contributed by atoms with Gasteiger partial charge in [-0.2, -0.15) is 0 Å². The molecule has 2 atom stereocenters. The molecule has 0 bridgehead atoms. The van der Waals surface area contributed by atoms with Gasteiger partial charge in [-0.25, -0.2) is 0 Å². The SMILES string of the molecule is CC1CCCN(C(=O)C(C)Oc2ccc(Cl)cc2Br)C1. The van der Waals surface area contributed by atoms with Crippen molar-refractivity contribution in [2.75, 3.05) is 13.1 Å². The molecule has 2 unspecified atom stereocenters. The number of hydrogen-bond acceptors (Lipinski definition) is 2. The quantitative estimate of drug-likeness (QED) is 0.811. The van der Waals surface area contributed by atoms with Crippen LogP contribution in [0.4, 0.5) is 0 Å². The van der Waals surface area contributed by atoms with Gasteiger partial charge < -0.3 is 9.64 Å². The Morgan fingerprint density at radius 2 is 2.30 bits per heavy atom. The van der Waals surface area contributed by atoms with Gasteiger partial charge in [-0.15, -0.1) is 0 Å². The van der Waals surface area contributed by atoms with Gasteiger partial charge in [-0.1, -0.05) is 18.5 Å². The number of carbonyl (C=O) groups is 1. The van der Waals surface area contributed by atoms with Crippen LogP contribution >= 0.6 is 27.5 Å². The predicted octanol–water partition coefficient (Wildman–Crippen LogP) is 4.13. The number of carbonyl (C=O) groups excluding carboxylic acids is 1. The van der Waals surface area contributed by atoms with E-state index in [4.69, 9.17) is 16.3 Å². The molecule has 110 valence electrons. The molecule has 0 saturated carbocycles. The fraction of sp³-hybridized carbons (Fsp3) is 0.533. The molecule has 5 heteroatoms. The first-order chi connectivity index (χ1) is 9.47. The van der Waals surface area contributed by atoms with Crippen LogP contribution in [0.1, 0.15) is 26.7 Å². The predicted molar refractivity (Wildman–Crippen MR) is 84.2 cm³/mol. The highest BCUT2D eigenvalue weighted by Crippen LogP contribution is 2.29. The van der Waals surface area contributed by atoms with E-state index in [1.54, 1.807) is 25.1 Å². The molecule has 2 rings (SSSR count). The van der Waals surface area contributed by atoms with Crippen LogP contribution in [0.2, 0.25) is 5.02 Å². The van der Waals surface area contributed by atoms with Crippen LogP contribution in [0.25, 0.3) is 0 Å². The summed E-state index contributed by atoms with van der Waals surface area (Å²) >= 11 is 9.29. The highest BCUT2D eigenvalue weighted by atomic mass is 79.9. The summed E-state index contributed by atoms with van der Waals surface area (Å²) in [6.45, 7) is 5.64. The average Bonchev–Trinajstić information content (AvgIpc) is 2.41. The van der Waals surface area contributed by atoms with Crippen molar-refractivity contribution in [2.45, 2.75) is 32.8 Å². The minimum absolute atomic E-state index is 0.0541. The van der Waals surface area contributed by atoms with Crippen molar-refractivity contribution < 1.29 is 9.53 Å². The third kappa shape index (κ3) is 3.89. The monoisotopic (exact) mass is 359 g/mol. The number of likely N-dealkylation sites (tertiary alicyclic amines) is 1. The largest absolute Gasteiger partial charge is 0.480 e. The number of piperidine rings is 1. The molecule has 1 fully saturated rings. The summed E-state index contributed by atoms with van der Waals surface area (Å²) in [5.41, 5.74) is 0. The molecule has 1 aromatic carbocycles. The highest BCUT2D eigenvalue weighted by Gasteiger charge is 2.26. The van der Waals surface area contributed by atoms with Crippen LogP contribution in [-0.4, -0.2) is 30.0 Å². The van der Waals surface area contributed by atoms with Gasteiger partial charge in [-0.05, 0) is 59.8 Å². The van der Waals surface area contributed by atoms with E-state index in [1.165, 1.54) is 6.42 Å². The maximum Gasteiger partial charge on any atom is 0.263 e. The molecule has 0 aliphatic carbocycles. The summed E-state index contributed by atoms with van der Waals surface area (Å²) in [5, 5.41) is 0.632. The molecule has 0 N–H and O–H groups in total. The summed E-state index contributed by atoms with van der Waals surface area (Å²) in [6, 6.07) is 5.29. The Morgan fingerprint density at radius 1 is 1.55 bits per heavy atom. The zero-order chi connectivity index (χ0) is 14.7. The van der Waals surface area contributed by atoms with Crippen molar-refractivity contribution in [1.29, 1.82) is 0 Å². The van der Waals surface area contributed by atoms with E-state index in [9.17, 15) is 4.79 Å². The van der Waals surface area contributed by atoms with E-state index in [-0.39, 0.29) is 5.91 Å². The van der Waals surface area contributed by atoms with Crippen LogP contribution in [0.3, 0.4) is 0 Å². The fourth-order valence-corrected chi connectivity index (χ4v) is 3.23. The van der Waals surface area contributed by atoms with Crippen molar-refractivity contribution in [1.82, 2.24) is 4.90 Å². The first-order valence-electron chi connectivity index (χ1n) is 6.88. The summed E-state index contributed by atoms with van der Waals surface area (Å²) < 4.78 is 6.51. The molecule has 1 saturated heterocycles. The van der Waals surface area contributed by atoms with Gasteiger partial charge in [0.25, 0.3) is 5.91 Å². The van der Waals surface area contributed by atoms with Crippen LogP contribution in [0.15, 0.2) is 22.7 Å². The zero-order valence-electron chi connectivity index (χ0n) is 11.7. The van der Waals surface area contributed by atoms with Gasteiger partial charge in [0.2, 0.25) is 0 Å². The number of halogens is 2. The summed E-state index contributed by atoms with van der Waals surface area (Å²) in [6.07, 6.45) is 1.78. The lowest BCUT2D eigenvalue weighted by Gasteiger charge is -2.32. The molecule has 0 spiro atoms. The Morgan fingerprint density at radius 3 is 2.95 bits per heavy atom. The van der Waals surface area contributed by atoms with Crippen LogP contribution in [-0.2, 0) is 4.79 Å². The van der Waals surface area contributed by atoms with Gasteiger partial charge in [0.05, 0.1) is 4.47 Å². The summed E-state index contributed by atoms with van der Waals surface area (Å²) in [5.74, 6) is 1.26. The maximum atomic E-state index is 12.4. The van der Waals surface area contributed by atoms with E-state index in [0.29, 0.717) is 16.7 Å². The number of ether oxygens (including phenoxy) is 1. The number of benzene rings is 1. The minimum Gasteiger partial charge on any atom is -0.480 e. The van der Waals surface area contributed by atoms with Crippen LogP contribution < -0.4 is 4.74 Å². The third-order valence-corrected chi connectivity index (χ3v) is 4.37. The molecule has 1 amide bonds. The maximum absolute atomic E-state index is 12.4. The topological polar surface area (TPSA) is 29.5 Å². The Labute approximate surface area is 133 Å². The summed E-state index contributed by atoms with van der Waals surface area (Å²) in [7, 11) is 0. The van der Waals surface area contributed by atoms with E-state index >= 15 is 0 Å². The first kappa shape index (κ1) is 15.6. The van der Waals surface area contributed by atoms with Crippen molar-refractivity contribution in [3.05, 3.63) is 27.7 Å². The number of nitrogens with zero attached hydrogens (tertiary/aromatic N) is 1. The van der Waals surface area contributed by atoms with Gasteiger partial charge in [0.15, 0.2) is 6.10 Å². The van der Waals surface area contributed by atoms with Crippen LogP contribution in [0, 0.1) is 5.92 Å². The Kier molecular flexibility index (Phi) is 5.33.